The number of nitrogens with two attached hydrogens (primary N) is 1. The second-order valence-corrected chi connectivity index (χ2v) is 7.90. The van der Waals surface area contributed by atoms with Crippen molar-refractivity contribution in [3.8, 4) is 0 Å². The highest BCUT2D eigenvalue weighted by molar-refractivity contribution is 5.99. The molecule has 4 rings (SSSR count). The van der Waals surface area contributed by atoms with Gasteiger partial charge in [-0.2, -0.15) is 0 Å². The normalized spacial score (nSPS) is 20.0. The lowest BCUT2D eigenvalue weighted by molar-refractivity contribution is 0.0956. The highest BCUT2D eigenvalue weighted by atomic mass is 16.1. The van der Waals surface area contributed by atoms with Gasteiger partial charge in [0, 0.05) is 29.6 Å². The number of anilines is 1. The Morgan fingerprint density at radius 1 is 1.17 bits per heavy atom. The fourth-order valence-corrected chi connectivity index (χ4v) is 4.94. The quantitative estimate of drug-likeness (QED) is 0.488. The summed E-state index contributed by atoms with van der Waals surface area (Å²) in [6.45, 7) is 6.97. The van der Waals surface area contributed by atoms with E-state index in [1.54, 1.807) is 0 Å². The SMILES string of the molecule is C=C(C1=C(c2cccc(N)c2C=N)C2CCC1C2)c1ccc(C(=O)NCC)cc1. The van der Waals surface area contributed by atoms with Crippen LogP contribution in [0.25, 0.3) is 11.1 Å². The van der Waals surface area contributed by atoms with E-state index in [2.05, 4.69) is 18.0 Å². The molecule has 1 fully saturated rings. The topological polar surface area (TPSA) is 79.0 Å². The number of carbonyl (C=O) groups excluding carboxylic acids is 1. The Hall–Kier alpha value is -3.14. The van der Waals surface area contributed by atoms with Gasteiger partial charge in [-0.05, 0) is 84.1 Å². The van der Waals surface area contributed by atoms with Crippen molar-refractivity contribution in [2.75, 3.05) is 12.3 Å². The zero-order valence-corrected chi connectivity index (χ0v) is 16.8. The molecule has 0 spiro atoms. The molecule has 0 saturated heterocycles. The lowest BCUT2D eigenvalue weighted by atomic mass is 9.81. The summed E-state index contributed by atoms with van der Waals surface area (Å²) >= 11 is 0. The van der Waals surface area contributed by atoms with Crippen LogP contribution in [0, 0.1) is 17.2 Å². The van der Waals surface area contributed by atoms with Crippen molar-refractivity contribution < 1.29 is 4.79 Å². The minimum Gasteiger partial charge on any atom is -0.398 e. The first-order valence-corrected chi connectivity index (χ1v) is 10.3. The monoisotopic (exact) mass is 385 g/mol. The lowest BCUT2D eigenvalue weighted by Gasteiger charge is -2.24. The van der Waals surface area contributed by atoms with E-state index >= 15 is 0 Å². The van der Waals surface area contributed by atoms with Crippen LogP contribution in [0.15, 0.2) is 54.6 Å². The lowest BCUT2D eigenvalue weighted by Crippen LogP contribution is -2.22. The van der Waals surface area contributed by atoms with Gasteiger partial charge in [-0.15, -0.1) is 0 Å². The molecular formula is C25H27N3O. The molecule has 4 heteroatoms. The Morgan fingerprint density at radius 2 is 1.86 bits per heavy atom. The van der Waals surface area contributed by atoms with Gasteiger partial charge in [0.15, 0.2) is 0 Å². The molecular weight excluding hydrogens is 358 g/mol. The summed E-state index contributed by atoms with van der Waals surface area (Å²) in [5.74, 6) is 0.951. The fraction of sp³-hybridized carbons (Fsp3) is 0.280. The number of nitrogen functional groups attached to an aromatic ring is 1. The molecule has 148 valence electrons. The van der Waals surface area contributed by atoms with E-state index in [0.29, 0.717) is 29.6 Å². The fourth-order valence-electron chi connectivity index (χ4n) is 4.94. The maximum absolute atomic E-state index is 12.0. The third-order valence-electron chi connectivity index (χ3n) is 6.27. The minimum atomic E-state index is -0.0557. The van der Waals surface area contributed by atoms with Crippen molar-refractivity contribution in [3.63, 3.8) is 0 Å². The Balaban J connectivity index is 1.76. The van der Waals surface area contributed by atoms with Crippen LogP contribution in [-0.4, -0.2) is 18.7 Å². The Kier molecular flexibility index (Phi) is 5.10. The van der Waals surface area contributed by atoms with Gasteiger partial charge >= 0.3 is 0 Å². The summed E-state index contributed by atoms with van der Waals surface area (Å²) in [4.78, 5) is 12.0. The first kappa shape index (κ1) is 19.2. The molecule has 4 N–H and O–H groups in total. The molecule has 29 heavy (non-hydrogen) atoms. The summed E-state index contributed by atoms with van der Waals surface area (Å²) < 4.78 is 0. The highest BCUT2D eigenvalue weighted by Gasteiger charge is 2.41. The first-order chi connectivity index (χ1) is 14.0. The van der Waals surface area contributed by atoms with Gasteiger partial charge in [0.1, 0.15) is 0 Å². The van der Waals surface area contributed by atoms with E-state index in [4.69, 9.17) is 11.1 Å². The van der Waals surface area contributed by atoms with E-state index < -0.39 is 0 Å². The number of amides is 1. The molecule has 0 radical (unpaired) electrons. The number of rotatable bonds is 6. The van der Waals surface area contributed by atoms with E-state index in [0.717, 1.165) is 28.7 Å². The third kappa shape index (κ3) is 3.29. The Labute approximate surface area is 172 Å². The summed E-state index contributed by atoms with van der Waals surface area (Å²) in [6, 6.07) is 13.6. The predicted octanol–water partition coefficient (Wildman–Crippen LogP) is 4.91. The molecule has 2 bridgehead atoms. The van der Waals surface area contributed by atoms with Crippen LogP contribution in [0.2, 0.25) is 0 Å². The van der Waals surface area contributed by atoms with Gasteiger partial charge < -0.3 is 16.5 Å². The molecule has 0 aliphatic heterocycles. The maximum atomic E-state index is 12.0. The summed E-state index contributed by atoms with van der Waals surface area (Å²) in [7, 11) is 0. The van der Waals surface area contributed by atoms with Crippen LogP contribution in [0.5, 0.6) is 0 Å². The van der Waals surface area contributed by atoms with Crippen LogP contribution in [-0.2, 0) is 0 Å². The van der Waals surface area contributed by atoms with Crippen molar-refractivity contribution >= 4 is 29.0 Å². The van der Waals surface area contributed by atoms with Gasteiger partial charge in [0.05, 0.1) is 0 Å². The highest BCUT2D eigenvalue weighted by Crippen LogP contribution is 2.56. The van der Waals surface area contributed by atoms with E-state index in [9.17, 15) is 4.79 Å². The molecule has 1 amide bonds. The zero-order valence-electron chi connectivity index (χ0n) is 16.8. The minimum absolute atomic E-state index is 0.0557. The van der Waals surface area contributed by atoms with Crippen LogP contribution in [0.3, 0.4) is 0 Å². The molecule has 4 nitrogen and oxygen atoms in total. The maximum Gasteiger partial charge on any atom is 0.251 e. The van der Waals surface area contributed by atoms with Crippen LogP contribution in [0.1, 0.15) is 53.2 Å². The molecule has 2 aromatic carbocycles. The second-order valence-electron chi connectivity index (χ2n) is 7.90. The number of nitrogens with one attached hydrogen (secondary N) is 2. The third-order valence-corrected chi connectivity index (χ3v) is 6.27. The first-order valence-electron chi connectivity index (χ1n) is 10.3. The summed E-state index contributed by atoms with van der Waals surface area (Å²) in [5.41, 5.74) is 14.0. The molecule has 2 unspecified atom stereocenters. The molecule has 0 aromatic heterocycles. The van der Waals surface area contributed by atoms with Gasteiger partial charge in [0.2, 0.25) is 0 Å². The predicted molar refractivity (Wildman–Crippen MR) is 120 cm³/mol. The van der Waals surface area contributed by atoms with Gasteiger partial charge in [-0.25, -0.2) is 0 Å². The van der Waals surface area contributed by atoms with E-state index in [1.807, 2.05) is 43.3 Å². The Morgan fingerprint density at radius 3 is 2.55 bits per heavy atom. The molecule has 2 aromatic rings. The van der Waals surface area contributed by atoms with Crippen molar-refractivity contribution in [3.05, 3.63) is 76.9 Å². The molecule has 2 aliphatic rings. The van der Waals surface area contributed by atoms with Crippen LogP contribution >= 0.6 is 0 Å². The zero-order chi connectivity index (χ0) is 20.5. The average Bonchev–Trinajstić information content (AvgIpc) is 3.35. The van der Waals surface area contributed by atoms with E-state index in [1.165, 1.54) is 30.2 Å². The number of benzene rings is 2. The van der Waals surface area contributed by atoms with Crippen molar-refractivity contribution in [1.29, 1.82) is 5.41 Å². The van der Waals surface area contributed by atoms with E-state index in [-0.39, 0.29) is 5.91 Å². The smallest absolute Gasteiger partial charge is 0.251 e. The molecule has 2 atom stereocenters. The van der Waals surface area contributed by atoms with Gasteiger partial charge in [-0.3, -0.25) is 4.79 Å². The van der Waals surface area contributed by atoms with Gasteiger partial charge in [0.25, 0.3) is 5.91 Å². The van der Waals surface area contributed by atoms with Crippen molar-refractivity contribution in [1.82, 2.24) is 5.32 Å². The molecule has 2 aliphatic carbocycles. The van der Waals surface area contributed by atoms with Crippen LogP contribution < -0.4 is 11.1 Å². The standard InChI is InChI=1S/C25H27N3O/c1-3-28-25(29)17-9-7-16(8-10-17)15(2)23-18-11-12-19(13-18)24(23)20-5-4-6-22(27)21(20)14-26/h4-10,14,18-19,26H,2-3,11-13,27H2,1H3,(H,28,29). The van der Waals surface area contributed by atoms with Crippen molar-refractivity contribution in [2.24, 2.45) is 11.8 Å². The number of fused-ring (bicyclic) bond motifs is 2. The molecule has 0 heterocycles. The van der Waals surface area contributed by atoms with Crippen LogP contribution in [0.4, 0.5) is 5.69 Å². The van der Waals surface area contributed by atoms with Crippen molar-refractivity contribution in [2.45, 2.75) is 26.2 Å². The molecule has 1 saturated carbocycles. The summed E-state index contributed by atoms with van der Waals surface area (Å²) in [5, 5.41) is 10.7. The van der Waals surface area contributed by atoms with Gasteiger partial charge in [-0.1, -0.05) is 30.8 Å². The Bertz CT molecular complexity index is 1020. The number of carbonyl (C=O) groups is 1. The number of hydrogen-bond acceptors (Lipinski definition) is 3. The number of hydrogen-bond donors (Lipinski definition) is 3. The average molecular weight is 386 g/mol. The largest absolute Gasteiger partial charge is 0.398 e. The second kappa shape index (κ2) is 7.70. The number of allylic oxidation sites excluding steroid dienone is 3. The summed E-state index contributed by atoms with van der Waals surface area (Å²) in [6.07, 6.45) is 4.87.